The lowest BCUT2D eigenvalue weighted by Gasteiger charge is -2.38. The molecule has 3 aromatic rings. The van der Waals surface area contributed by atoms with Gasteiger partial charge >= 0.3 is 6.18 Å². The maximum absolute atomic E-state index is 14.9. The van der Waals surface area contributed by atoms with Crippen molar-refractivity contribution in [3.63, 3.8) is 0 Å². The van der Waals surface area contributed by atoms with E-state index < -0.39 is 85.0 Å². The molecule has 2 aliphatic heterocycles. The first-order valence-corrected chi connectivity index (χ1v) is 14.9. The van der Waals surface area contributed by atoms with Crippen molar-refractivity contribution in [2.45, 2.75) is 43.7 Å². The number of pyridine rings is 1. The number of anilines is 1. The van der Waals surface area contributed by atoms with E-state index >= 15 is 0 Å². The summed E-state index contributed by atoms with van der Waals surface area (Å²) in [6, 6.07) is 1.74. The van der Waals surface area contributed by atoms with Gasteiger partial charge in [-0.3, -0.25) is 9.69 Å². The molecule has 0 bridgehead atoms. The summed E-state index contributed by atoms with van der Waals surface area (Å²) in [4.78, 5) is 23.0. The molecule has 2 fully saturated rings. The molecule has 3 N–H and O–H groups in total. The fourth-order valence-corrected chi connectivity index (χ4v) is 6.80. The van der Waals surface area contributed by atoms with Crippen LogP contribution in [0.1, 0.15) is 28.8 Å². The van der Waals surface area contributed by atoms with Crippen LogP contribution in [0.3, 0.4) is 0 Å². The van der Waals surface area contributed by atoms with Crippen LogP contribution in [-0.2, 0) is 16.6 Å². The number of hydrogen-bond acceptors (Lipinski definition) is 9. The molecule has 0 radical (unpaired) electrons. The van der Waals surface area contributed by atoms with Crippen molar-refractivity contribution in [2.24, 2.45) is 0 Å². The number of likely N-dealkylation sites (tertiary alicyclic amines) is 1. The van der Waals surface area contributed by atoms with Gasteiger partial charge in [-0.25, -0.2) is 36.1 Å². The zero-order chi connectivity index (χ0) is 32.0. The van der Waals surface area contributed by atoms with Crippen LogP contribution >= 0.6 is 0 Å². The summed E-state index contributed by atoms with van der Waals surface area (Å²) in [7, 11) is -2.95. The van der Waals surface area contributed by atoms with Crippen LogP contribution in [0.5, 0.6) is 5.88 Å². The van der Waals surface area contributed by atoms with Crippen LogP contribution in [0.4, 0.5) is 32.2 Å². The van der Waals surface area contributed by atoms with E-state index in [0.717, 1.165) is 4.31 Å². The number of nitrogen functional groups attached to an aromatic ring is 1. The number of rotatable bonds is 10. The van der Waals surface area contributed by atoms with Crippen molar-refractivity contribution >= 4 is 27.3 Å². The lowest BCUT2D eigenvalue weighted by Crippen LogP contribution is -2.55. The molecule has 0 unspecified atom stereocenters. The highest BCUT2D eigenvalue weighted by molar-refractivity contribution is 7.89. The number of ether oxygens (including phenoxy) is 1. The summed E-state index contributed by atoms with van der Waals surface area (Å²) in [6.07, 6.45) is -5.76. The van der Waals surface area contributed by atoms with Gasteiger partial charge in [-0.05, 0) is 24.1 Å². The Morgan fingerprint density at radius 3 is 2.59 bits per heavy atom. The zero-order valence-electron chi connectivity index (χ0n) is 23.2. The Kier molecular flexibility index (Phi) is 8.40. The van der Waals surface area contributed by atoms with Crippen LogP contribution in [-0.4, -0.2) is 106 Å². The third-order valence-electron chi connectivity index (χ3n) is 7.34. The molecule has 44 heavy (non-hydrogen) atoms. The number of sulfonamides is 1. The fraction of sp³-hybridized carbons (Fsp3) is 0.520. The summed E-state index contributed by atoms with van der Waals surface area (Å²) in [5, 5.41) is 6.65. The highest BCUT2D eigenvalue weighted by atomic mass is 32.2. The van der Waals surface area contributed by atoms with Gasteiger partial charge in [0.1, 0.15) is 23.6 Å². The summed E-state index contributed by atoms with van der Waals surface area (Å²) in [5.41, 5.74) is 7.60. The lowest BCUT2D eigenvalue weighted by atomic mass is 10.1. The minimum Gasteiger partial charge on any atom is -0.480 e. The van der Waals surface area contributed by atoms with Crippen molar-refractivity contribution in [3.05, 3.63) is 35.8 Å². The lowest BCUT2D eigenvalue weighted by molar-refractivity contribution is -0.134. The van der Waals surface area contributed by atoms with Gasteiger partial charge in [-0.2, -0.15) is 22.6 Å². The van der Waals surface area contributed by atoms with E-state index in [9.17, 15) is 39.6 Å². The molecule has 2 saturated heterocycles. The standard InChI is InChI=1S/C25H28F6N8O4S/c1-43-23-16(22(40)36-18-10-38(9-17(18)26)44(41,42)4-2-3-25(29,30)31)5-14(7-33-23)19-6-15(8-37-11-24(27,28)12-37)20-21(32)34-13-35-39(19)20/h5-7,13,17-18H,2-4,8-12H2,1H3,(H,36,40)(H2,32,34,35)/t17-,18+/m0/s1. The Hall–Kier alpha value is -3.71. The van der Waals surface area contributed by atoms with Crippen LogP contribution in [0, 0.1) is 0 Å². The third kappa shape index (κ3) is 6.68. The summed E-state index contributed by atoms with van der Waals surface area (Å²) in [6.45, 7) is -1.83. The minimum atomic E-state index is -4.53. The quantitative estimate of drug-likeness (QED) is 0.316. The molecule has 0 aliphatic carbocycles. The van der Waals surface area contributed by atoms with Gasteiger partial charge in [0.05, 0.1) is 37.7 Å². The Balaban J connectivity index is 1.36. The molecule has 240 valence electrons. The van der Waals surface area contributed by atoms with Crippen LogP contribution in [0.15, 0.2) is 24.7 Å². The number of nitrogens with zero attached hydrogens (tertiary/aromatic N) is 6. The molecule has 5 heterocycles. The summed E-state index contributed by atoms with van der Waals surface area (Å²) >= 11 is 0. The van der Waals surface area contributed by atoms with E-state index in [1.54, 1.807) is 6.07 Å². The van der Waals surface area contributed by atoms with Gasteiger partial charge in [0, 0.05) is 37.8 Å². The monoisotopic (exact) mass is 650 g/mol. The van der Waals surface area contributed by atoms with Crippen molar-refractivity contribution in [3.8, 4) is 17.1 Å². The van der Waals surface area contributed by atoms with Gasteiger partial charge in [0.2, 0.25) is 15.9 Å². The number of aromatic nitrogens is 4. The first-order valence-electron chi connectivity index (χ1n) is 13.3. The van der Waals surface area contributed by atoms with Crippen LogP contribution in [0.25, 0.3) is 16.8 Å². The molecule has 3 aromatic heterocycles. The molecule has 12 nitrogen and oxygen atoms in total. The van der Waals surface area contributed by atoms with E-state index in [0.29, 0.717) is 22.3 Å². The molecule has 2 atom stereocenters. The number of carbonyl (C=O) groups is 1. The molecular formula is C25H28F6N8O4S. The summed E-state index contributed by atoms with van der Waals surface area (Å²) in [5.74, 6) is -4.48. The second kappa shape index (κ2) is 11.7. The molecule has 0 saturated carbocycles. The second-order valence-corrected chi connectivity index (χ2v) is 12.8. The number of amides is 1. The van der Waals surface area contributed by atoms with E-state index in [4.69, 9.17) is 10.5 Å². The normalized spacial score (nSPS) is 21.0. The number of nitrogens with one attached hydrogen (secondary N) is 1. The van der Waals surface area contributed by atoms with Crippen molar-refractivity contribution < 1.29 is 44.3 Å². The first kappa shape index (κ1) is 31.7. The number of carbonyl (C=O) groups excluding carboxylic acids is 1. The average molecular weight is 651 g/mol. The Morgan fingerprint density at radius 1 is 1.20 bits per heavy atom. The number of fused-ring (bicyclic) bond motifs is 1. The van der Waals surface area contributed by atoms with Crippen molar-refractivity contribution in [1.82, 2.24) is 34.1 Å². The number of halogens is 6. The largest absolute Gasteiger partial charge is 0.480 e. The summed E-state index contributed by atoms with van der Waals surface area (Å²) < 4.78 is 111. The van der Waals surface area contributed by atoms with Crippen molar-refractivity contribution in [1.29, 1.82) is 0 Å². The minimum absolute atomic E-state index is 0.0982. The first-order chi connectivity index (χ1) is 20.6. The van der Waals surface area contributed by atoms with Gasteiger partial charge in [-0.15, -0.1) is 0 Å². The van der Waals surface area contributed by atoms with Gasteiger partial charge < -0.3 is 15.8 Å². The van der Waals surface area contributed by atoms with Crippen LogP contribution < -0.4 is 15.8 Å². The number of nitrogens with two attached hydrogens (primary N) is 1. The molecule has 19 heteroatoms. The maximum Gasteiger partial charge on any atom is 0.389 e. The predicted molar refractivity (Wildman–Crippen MR) is 144 cm³/mol. The Morgan fingerprint density at radius 2 is 1.93 bits per heavy atom. The molecule has 0 spiro atoms. The van der Waals surface area contributed by atoms with E-state index in [-0.39, 0.29) is 23.8 Å². The highest BCUT2D eigenvalue weighted by Gasteiger charge is 2.44. The van der Waals surface area contributed by atoms with Gasteiger partial charge in [-0.1, -0.05) is 0 Å². The maximum atomic E-state index is 14.9. The van der Waals surface area contributed by atoms with E-state index in [1.807, 2.05) is 0 Å². The number of hydrogen-bond donors (Lipinski definition) is 2. The predicted octanol–water partition coefficient (Wildman–Crippen LogP) is 2.26. The zero-order valence-corrected chi connectivity index (χ0v) is 24.0. The Bertz CT molecular complexity index is 1660. The molecule has 2 aliphatic rings. The average Bonchev–Trinajstić information content (AvgIpc) is 3.48. The van der Waals surface area contributed by atoms with Gasteiger partial charge in [0.25, 0.3) is 11.8 Å². The Labute approximate surface area is 247 Å². The topological polar surface area (TPSA) is 148 Å². The van der Waals surface area contributed by atoms with Gasteiger partial charge in [0.15, 0.2) is 5.82 Å². The highest BCUT2D eigenvalue weighted by Crippen LogP contribution is 2.34. The number of alkyl halides is 6. The molecular weight excluding hydrogens is 622 g/mol. The van der Waals surface area contributed by atoms with Crippen LogP contribution in [0.2, 0.25) is 0 Å². The smallest absolute Gasteiger partial charge is 0.389 e. The van der Waals surface area contributed by atoms with E-state index in [1.165, 1.54) is 35.1 Å². The van der Waals surface area contributed by atoms with Crippen molar-refractivity contribution in [2.75, 3.05) is 44.8 Å². The molecule has 0 aromatic carbocycles. The molecule has 5 rings (SSSR count). The fourth-order valence-electron chi connectivity index (χ4n) is 5.27. The number of methoxy groups -OCH3 is 1. The van der Waals surface area contributed by atoms with E-state index in [2.05, 4.69) is 20.4 Å². The third-order valence-corrected chi connectivity index (χ3v) is 9.23. The second-order valence-electron chi connectivity index (χ2n) is 10.7. The SMILES string of the molecule is COc1ncc(-c2cc(CN3CC(F)(F)C3)c3c(N)ncnn23)cc1C(=O)N[C@@H]1CN(S(=O)(=O)CCCC(F)(F)F)C[C@@H]1F. The molecule has 1 amide bonds.